The van der Waals surface area contributed by atoms with E-state index in [1.807, 2.05) is 0 Å². The van der Waals surface area contributed by atoms with Gasteiger partial charge in [-0.2, -0.15) is 10.1 Å². The number of aromatic hydroxyl groups is 1. The van der Waals surface area contributed by atoms with Crippen LogP contribution in [0, 0.1) is 0 Å². The number of hydrogen-bond acceptors (Lipinski definition) is 5. The Kier molecular flexibility index (Phi) is 3.51. The monoisotopic (exact) mass is 277 g/mol. The van der Waals surface area contributed by atoms with E-state index in [0.717, 1.165) is 6.07 Å². The van der Waals surface area contributed by atoms with Crippen molar-refractivity contribution in [1.82, 2.24) is 14.8 Å². The van der Waals surface area contributed by atoms with Crippen molar-refractivity contribution in [2.24, 2.45) is 7.05 Å². The molecule has 104 valence electrons. The topological polar surface area (TPSA) is 129 Å². The number of carbonyl (C=O) groups excluding carboxylic acids is 1. The van der Waals surface area contributed by atoms with Gasteiger partial charge in [-0.05, 0) is 18.2 Å². The molecule has 1 aromatic carbocycles. The maximum Gasteiger partial charge on any atom is 0.339 e. The van der Waals surface area contributed by atoms with Crippen molar-refractivity contribution in [3.63, 3.8) is 0 Å². The SMILES string of the molecule is Cn1ncnc1NC(=O)Nc1ccc(O)c(C(=O)O)c1. The largest absolute Gasteiger partial charge is 0.507 e. The lowest BCUT2D eigenvalue weighted by Gasteiger charge is -2.08. The van der Waals surface area contributed by atoms with E-state index >= 15 is 0 Å². The number of rotatable bonds is 3. The fraction of sp³-hybridized carbons (Fsp3) is 0.0909. The molecule has 2 aromatic rings. The molecule has 0 atom stereocenters. The minimum absolute atomic E-state index is 0.222. The highest BCUT2D eigenvalue weighted by molar-refractivity contribution is 6.00. The zero-order valence-electron chi connectivity index (χ0n) is 10.4. The Hall–Kier alpha value is -3.10. The Morgan fingerprint density at radius 1 is 1.30 bits per heavy atom. The third-order valence-corrected chi connectivity index (χ3v) is 2.42. The van der Waals surface area contributed by atoms with Crippen LogP contribution in [0.15, 0.2) is 24.5 Å². The van der Waals surface area contributed by atoms with Gasteiger partial charge in [0.1, 0.15) is 17.6 Å². The number of aryl methyl sites for hydroxylation is 1. The summed E-state index contributed by atoms with van der Waals surface area (Å²) in [5.74, 6) is -1.43. The van der Waals surface area contributed by atoms with Crippen molar-refractivity contribution >= 4 is 23.6 Å². The molecule has 0 saturated heterocycles. The normalized spacial score (nSPS) is 10.1. The van der Waals surface area contributed by atoms with Crippen LogP contribution in [-0.4, -0.2) is 37.0 Å². The number of hydrogen-bond donors (Lipinski definition) is 4. The van der Waals surface area contributed by atoms with Crippen molar-refractivity contribution < 1.29 is 19.8 Å². The molecular weight excluding hydrogens is 266 g/mol. The number of carbonyl (C=O) groups is 2. The van der Waals surface area contributed by atoms with E-state index in [9.17, 15) is 14.7 Å². The van der Waals surface area contributed by atoms with Gasteiger partial charge in [0.2, 0.25) is 5.95 Å². The van der Waals surface area contributed by atoms with Crippen LogP contribution in [0.3, 0.4) is 0 Å². The van der Waals surface area contributed by atoms with Gasteiger partial charge in [0, 0.05) is 12.7 Å². The number of aromatic carboxylic acids is 1. The second-order valence-electron chi connectivity index (χ2n) is 3.82. The number of benzene rings is 1. The Balaban J connectivity index is 2.10. The highest BCUT2D eigenvalue weighted by Gasteiger charge is 2.12. The summed E-state index contributed by atoms with van der Waals surface area (Å²) < 4.78 is 1.36. The fourth-order valence-corrected chi connectivity index (χ4v) is 1.46. The van der Waals surface area contributed by atoms with Crippen LogP contribution in [-0.2, 0) is 7.05 Å². The summed E-state index contributed by atoms with van der Waals surface area (Å²) in [4.78, 5) is 26.3. The molecule has 0 unspecified atom stereocenters. The molecule has 9 nitrogen and oxygen atoms in total. The Labute approximate surface area is 112 Å². The van der Waals surface area contributed by atoms with Crippen molar-refractivity contribution in [3.05, 3.63) is 30.1 Å². The molecule has 0 aliphatic rings. The van der Waals surface area contributed by atoms with Crippen molar-refractivity contribution in [1.29, 1.82) is 0 Å². The first-order chi connectivity index (χ1) is 9.47. The molecule has 20 heavy (non-hydrogen) atoms. The van der Waals surface area contributed by atoms with E-state index in [1.54, 1.807) is 7.05 Å². The molecule has 0 fully saturated rings. The number of phenols is 1. The molecule has 0 saturated carbocycles. The molecule has 0 radical (unpaired) electrons. The molecule has 4 N–H and O–H groups in total. The van der Waals surface area contributed by atoms with E-state index in [4.69, 9.17) is 5.11 Å². The van der Waals surface area contributed by atoms with Crippen LogP contribution in [0.4, 0.5) is 16.4 Å². The lowest BCUT2D eigenvalue weighted by Crippen LogP contribution is -2.21. The summed E-state index contributed by atoms with van der Waals surface area (Å²) in [5, 5.41) is 26.8. The molecule has 1 heterocycles. The highest BCUT2D eigenvalue weighted by atomic mass is 16.4. The Morgan fingerprint density at radius 3 is 2.65 bits per heavy atom. The third-order valence-electron chi connectivity index (χ3n) is 2.42. The summed E-state index contributed by atoms with van der Waals surface area (Å²) in [6, 6.07) is 3.09. The van der Waals surface area contributed by atoms with Gasteiger partial charge in [-0.1, -0.05) is 0 Å². The number of carboxylic acids is 1. The summed E-state index contributed by atoms with van der Waals surface area (Å²) in [7, 11) is 1.60. The average molecular weight is 277 g/mol. The minimum Gasteiger partial charge on any atom is -0.507 e. The molecule has 0 spiro atoms. The van der Waals surface area contributed by atoms with Crippen LogP contribution in [0.5, 0.6) is 5.75 Å². The van der Waals surface area contributed by atoms with E-state index < -0.39 is 12.0 Å². The van der Waals surface area contributed by atoms with Crippen LogP contribution in [0.1, 0.15) is 10.4 Å². The van der Waals surface area contributed by atoms with E-state index in [2.05, 4.69) is 20.7 Å². The van der Waals surface area contributed by atoms with Gasteiger partial charge in [0.15, 0.2) is 0 Å². The molecule has 2 rings (SSSR count). The lowest BCUT2D eigenvalue weighted by molar-refractivity contribution is 0.0693. The third kappa shape index (κ3) is 2.83. The molecular formula is C11H11N5O4. The smallest absolute Gasteiger partial charge is 0.339 e. The van der Waals surface area contributed by atoms with Crippen LogP contribution >= 0.6 is 0 Å². The molecule has 2 amide bonds. The number of aromatic nitrogens is 3. The Bertz CT molecular complexity index is 667. The zero-order chi connectivity index (χ0) is 14.7. The number of urea groups is 1. The maximum absolute atomic E-state index is 11.7. The number of nitrogens with one attached hydrogen (secondary N) is 2. The van der Waals surface area contributed by atoms with Crippen molar-refractivity contribution in [2.45, 2.75) is 0 Å². The first kappa shape index (κ1) is 13.3. The zero-order valence-corrected chi connectivity index (χ0v) is 10.4. The van der Waals surface area contributed by atoms with E-state index in [0.29, 0.717) is 0 Å². The molecule has 0 aliphatic heterocycles. The summed E-state index contributed by atoms with van der Waals surface area (Å²) in [6.07, 6.45) is 1.28. The summed E-state index contributed by atoms with van der Waals surface area (Å²) >= 11 is 0. The maximum atomic E-state index is 11.7. The van der Waals surface area contributed by atoms with Gasteiger partial charge in [0.25, 0.3) is 0 Å². The average Bonchev–Trinajstić information content (AvgIpc) is 2.77. The first-order valence-corrected chi connectivity index (χ1v) is 5.45. The van der Waals surface area contributed by atoms with E-state index in [-0.39, 0.29) is 22.9 Å². The van der Waals surface area contributed by atoms with Gasteiger partial charge < -0.3 is 15.5 Å². The number of anilines is 2. The number of amides is 2. The Morgan fingerprint density at radius 2 is 2.05 bits per heavy atom. The highest BCUT2D eigenvalue weighted by Crippen LogP contribution is 2.21. The summed E-state index contributed by atoms with van der Waals surface area (Å²) in [5.41, 5.74) is -0.0821. The predicted octanol–water partition coefficient (Wildman–Crippen LogP) is 0.863. The van der Waals surface area contributed by atoms with Crippen LogP contribution < -0.4 is 10.6 Å². The number of nitrogens with zero attached hydrogens (tertiary/aromatic N) is 3. The summed E-state index contributed by atoms with van der Waals surface area (Å²) in [6.45, 7) is 0. The standard InChI is InChI=1S/C11H11N5O4/c1-16-10(12-5-13-16)15-11(20)14-6-2-3-8(17)7(4-6)9(18)19/h2-5,17H,1H3,(H,18,19)(H2,12,13,14,15,20). The molecule has 1 aromatic heterocycles. The fourth-order valence-electron chi connectivity index (χ4n) is 1.46. The molecule has 0 bridgehead atoms. The van der Waals surface area contributed by atoms with Crippen LogP contribution in [0.2, 0.25) is 0 Å². The lowest BCUT2D eigenvalue weighted by atomic mass is 10.2. The second-order valence-corrected chi connectivity index (χ2v) is 3.82. The van der Waals surface area contributed by atoms with Gasteiger partial charge in [-0.25, -0.2) is 14.3 Å². The first-order valence-electron chi connectivity index (χ1n) is 5.45. The van der Waals surface area contributed by atoms with Gasteiger partial charge in [-0.3, -0.25) is 5.32 Å². The second kappa shape index (κ2) is 5.26. The molecule has 9 heteroatoms. The van der Waals surface area contributed by atoms with Crippen LogP contribution in [0.25, 0.3) is 0 Å². The van der Waals surface area contributed by atoms with Gasteiger partial charge in [0.05, 0.1) is 0 Å². The van der Waals surface area contributed by atoms with Gasteiger partial charge in [-0.15, -0.1) is 0 Å². The predicted molar refractivity (Wildman–Crippen MR) is 68.7 cm³/mol. The van der Waals surface area contributed by atoms with E-state index in [1.165, 1.54) is 23.1 Å². The van der Waals surface area contributed by atoms with Crippen molar-refractivity contribution in [3.8, 4) is 5.75 Å². The van der Waals surface area contributed by atoms with Gasteiger partial charge >= 0.3 is 12.0 Å². The quantitative estimate of drug-likeness (QED) is 0.616. The molecule has 0 aliphatic carbocycles. The number of carboxylic acid groups (broad SMARTS) is 1. The van der Waals surface area contributed by atoms with Crippen molar-refractivity contribution in [2.75, 3.05) is 10.6 Å². The minimum atomic E-state index is -1.29.